The molecule has 1 saturated heterocycles. The number of pyridine rings is 1. The zero-order valence-corrected chi connectivity index (χ0v) is 15.5. The molecule has 0 saturated carbocycles. The van der Waals surface area contributed by atoms with Crippen LogP contribution in [0.3, 0.4) is 0 Å². The number of aromatic nitrogens is 4. The number of nitrogens with one attached hydrogen (secondary N) is 1. The summed E-state index contributed by atoms with van der Waals surface area (Å²) in [6.45, 7) is 5.95. The summed E-state index contributed by atoms with van der Waals surface area (Å²) in [6, 6.07) is 6.23. The van der Waals surface area contributed by atoms with E-state index in [1.807, 2.05) is 17.6 Å². The van der Waals surface area contributed by atoms with Gasteiger partial charge >= 0.3 is 0 Å². The van der Waals surface area contributed by atoms with Gasteiger partial charge < -0.3 is 9.88 Å². The minimum Gasteiger partial charge on any atom is -0.352 e. The predicted octanol–water partition coefficient (Wildman–Crippen LogP) is 1.57. The summed E-state index contributed by atoms with van der Waals surface area (Å²) in [6.07, 6.45) is 4.33. The van der Waals surface area contributed by atoms with Crippen LogP contribution in [-0.4, -0.2) is 50.7 Å². The Balaban J connectivity index is 1.43. The fourth-order valence-corrected chi connectivity index (χ4v) is 4.27. The summed E-state index contributed by atoms with van der Waals surface area (Å²) in [4.78, 5) is 19.2. The van der Waals surface area contributed by atoms with Crippen LogP contribution in [0.4, 0.5) is 0 Å². The van der Waals surface area contributed by atoms with Crippen molar-refractivity contribution in [1.29, 1.82) is 0 Å². The number of nitrogens with zero attached hydrogens (tertiary/aromatic N) is 5. The number of aryl methyl sites for hydroxylation is 2. The maximum atomic E-state index is 12.1. The van der Waals surface area contributed by atoms with Gasteiger partial charge in [-0.15, -0.1) is 10.2 Å². The molecule has 0 atom stereocenters. The molecular formula is C19H26N6O. The number of rotatable bonds is 3. The van der Waals surface area contributed by atoms with Gasteiger partial charge in [-0.05, 0) is 56.8 Å². The summed E-state index contributed by atoms with van der Waals surface area (Å²) in [7, 11) is 1.64. The Kier molecular flexibility index (Phi) is 4.48. The molecule has 7 nitrogen and oxygen atoms in total. The maximum absolute atomic E-state index is 12.1. The molecule has 0 aromatic carbocycles. The lowest BCUT2D eigenvalue weighted by Crippen LogP contribution is -2.44. The van der Waals surface area contributed by atoms with Gasteiger partial charge in [-0.25, -0.2) is 0 Å². The Morgan fingerprint density at radius 1 is 1.23 bits per heavy atom. The second kappa shape index (κ2) is 6.79. The molecule has 1 spiro atoms. The lowest BCUT2D eigenvalue weighted by atomic mass is 9.73. The van der Waals surface area contributed by atoms with Gasteiger partial charge in [0.2, 0.25) is 5.82 Å². The predicted molar refractivity (Wildman–Crippen MR) is 97.7 cm³/mol. The van der Waals surface area contributed by atoms with Crippen LogP contribution in [0.2, 0.25) is 0 Å². The third-order valence-corrected chi connectivity index (χ3v) is 5.88. The number of amides is 1. The molecule has 26 heavy (non-hydrogen) atoms. The second-order valence-electron chi connectivity index (χ2n) is 7.65. The Morgan fingerprint density at radius 3 is 2.77 bits per heavy atom. The van der Waals surface area contributed by atoms with Crippen molar-refractivity contribution in [3.8, 4) is 0 Å². The average Bonchev–Trinajstić information content (AvgIpc) is 3.06. The van der Waals surface area contributed by atoms with E-state index < -0.39 is 0 Å². The number of carbonyl (C=O) groups is 1. The van der Waals surface area contributed by atoms with Crippen molar-refractivity contribution in [2.24, 2.45) is 5.41 Å². The third-order valence-electron chi connectivity index (χ3n) is 5.88. The van der Waals surface area contributed by atoms with Crippen LogP contribution in [0.25, 0.3) is 0 Å². The van der Waals surface area contributed by atoms with Crippen LogP contribution in [-0.2, 0) is 19.5 Å². The van der Waals surface area contributed by atoms with E-state index in [1.165, 1.54) is 0 Å². The van der Waals surface area contributed by atoms with Gasteiger partial charge in [0.25, 0.3) is 5.91 Å². The molecular weight excluding hydrogens is 328 g/mol. The van der Waals surface area contributed by atoms with Crippen LogP contribution >= 0.6 is 0 Å². The third kappa shape index (κ3) is 3.23. The van der Waals surface area contributed by atoms with Crippen molar-refractivity contribution in [2.75, 3.05) is 20.1 Å². The Labute approximate surface area is 153 Å². The number of likely N-dealkylation sites (tertiary alicyclic amines) is 1. The highest BCUT2D eigenvalue weighted by Crippen LogP contribution is 2.41. The second-order valence-corrected chi connectivity index (χ2v) is 7.65. The lowest BCUT2D eigenvalue weighted by molar-refractivity contribution is 0.0613. The molecule has 4 rings (SSSR count). The van der Waals surface area contributed by atoms with Crippen molar-refractivity contribution in [2.45, 2.75) is 45.7 Å². The van der Waals surface area contributed by atoms with Crippen molar-refractivity contribution >= 4 is 5.91 Å². The van der Waals surface area contributed by atoms with Gasteiger partial charge in [0.05, 0.1) is 5.69 Å². The van der Waals surface area contributed by atoms with Crippen molar-refractivity contribution < 1.29 is 4.79 Å². The van der Waals surface area contributed by atoms with Gasteiger partial charge in [-0.3, -0.25) is 14.7 Å². The molecule has 7 heteroatoms. The van der Waals surface area contributed by atoms with Crippen LogP contribution in [0.5, 0.6) is 0 Å². The quantitative estimate of drug-likeness (QED) is 0.905. The topological polar surface area (TPSA) is 75.9 Å². The summed E-state index contributed by atoms with van der Waals surface area (Å²) in [5, 5.41) is 11.0. The van der Waals surface area contributed by atoms with Crippen LogP contribution in [0.15, 0.2) is 18.2 Å². The van der Waals surface area contributed by atoms with Crippen LogP contribution in [0.1, 0.15) is 47.1 Å². The van der Waals surface area contributed by atoms with Crippen LogP contribution in [0, 0.1) is 12.3 Å². The molecule has 0 aliphatic carbocycles. The lowest BCUT2D eigenvalue weighted by Gasteiger charge is -2.44. The first-order valence-electron chi connectivity index (χ1n) is 9.38. The molecule has 0 unspecified atom stereocenters. The highest BCUT2D eigenvalue weighted by atomic mass is 16.2. The number of piperidine rings is 1. The number of hydrogen-bond acceptors (Lipinski definition) is 5. The molecule has 2 aromatic rings. The SMILES string of the molecule is CNC(=O)c1nnc2n1CC1(CC2)CCN(Cc2cccc(C)n2)CC1. The zero-order valence-electron chi connectivity index (χ0n) is 15.5. The monoisotopic (exact) mass is 354 g/mol. The van der Waals surface area contributed by atoms with E-state index in [0.717, 1.165) is 69.1 Å². The standard InChI is InChI=1S/C19H26N6O/c1-14-4-3-5-15(21-14)12-24-10-8-19(9-11-24)7-6-16-22-23-17(18(26)20-2)25(16)13-19/h3-5H,6-13H2,1-2H3,(H,20,26). The fourth-order valence-electron chi connectivity index (χ4n) is 4.27. The maximum Gasteiger partial charge on any atom is 0.288 e. The molecule has 2 aromatic heterocycles. The van der Waals surface area contributed by atoms with Gasteiger partial charge in [-0.2, -0.15) is 0 Å². The van der Waals surface area contributed by atoms with E-state index >= 15 is 0 Å². The molecule has 4 heterocycles. The molecule has 0 bridgehead atoms. The average molecular weight is 354 g/mol. The van der Waals surface area contributed by atoms with Crippen molar-refractivity contribution in [3.63, 3.8) is 0 Å². The van der Waals surface area contributed by atoms with Crippen molar-refractivity contribution in [1.82, 2.24) is 30.0 Å². The van der Waals surface area contributed by atoms with Gasteiger partial charge in [0.15, 0.2) is 0 Å². The molecule has 138 valence electrons. The Bertz CT molecular complexity index is 806. The normalized spacial score (nSPS) is 19.3. The number of fused-ring (bicyclic) bond motifs is 1. The smallest absolute Gasteiger partial charge is 0.288 e. The summed E-state index contributed by atoms with van der Waals surface area (Å²) in [5.74, 6) is 1.25. The Morgan fingerprint density at radius 2 is 2.04 bits per heavy atom. The molecule has 2 aliphatic rings. The minimum absolute atomic E-state index is 0.149. The molecule has 1 N–H and O–H groups in total. The summed E-state index contributed by atoms with van der Waals surface area (Å²) < 4.78 is 2.04. The Hall–Kier alpha value is -2.28. The van der Waals surface area contributed by atoms with E-state index in [0.29, 0.717) is 5.82 Å². The van der Waals surface area contributed by atoms with E-state index in [2.05, 4.69) is 37.5 Å². The molecule has 1 amide bonds. The first-order chi connectivity index (χ1) is 12.6. The fraction of sp³-hybridized carbons (Fsp3) is 0.579. The zero-order chi connectivity index (χ0) is 18.1. The highest BCUT2D eigenvalue weighted by molar-refractivity contribution is 5.90. The molecule has 1 fully saturated rings. The van der Waals surface area contributed by atoms with E-state index in [9.17, 15) is 4.79 Å². The minimum atomic E-state index is -0.149. The van der Waals surface area contributed by atoms with Gasteiger partial charge in [0.1, 0.15) is 5.82 Å². The van der Waals surface area contributed by atoms with Crippen LogP contribution < -0.4 is 5.32 Å². The van der Waals surface area contributed by atoms with Gasteiger partial charge in [0, 0.05) is 32.3 Å². The number of hydrogen-bond donors (Lipinski definition) is 1. The van der Waals surface area contributed by atoms with Gasteiger partial charge in [-0.1, -0.05) is 6.07 Å². The summed E-state index contributed by atoms with van der Waals surface area (Å²) >= 11 is 0. The van der Waals surface area contributed by atoms with E-state index in [1.54, 1.807) is 7.05 Å². The number of carbonyl (C=O) groups excluding carboxylic acids is 1. The summed E-state index contributed by atoms with van der Waals surface area (Å²) in [5.41, 5.74) is 2.48. The largest absolute Gasteiger partial charge is 0.352 e. The van der Waals surface area contributed by atoms with E-state index in [-0.39, 0.29) is 11.3 Å². The first kappa shape index (κ1) is 17.1. The first-order valence-corrected chi connectivity index (χ1v) is 9.38. The highest BCUT2D eigenvalue weighted by Gasteiger charge is 2.39. The van der Waals surface area contributed by atoms with E-state index in [4.69, 9.17) is 0 Å². The van der Waals surface area contributed by atoms with Crippen molar-refractivity contribution in [3.05, 3.63) is 41.2 Å². The molecule has 2 aliphatic heterocycles. The molecule has 0 radical (unpaired) electrons.